The molecule has 0 saturated heterocycles. The highest BCUT2D eigenvalue weighted by atomic mass is 15.1. The van der Waals surface area contributed by atoms with Gasteiger partial charge in [0.15, 0.2) is 0 Å². The lowest BCUT2D eigenvalue weighted by atomic mass is 10.2. The van der Waals surface area contributed by atoms with Crippen LogP contribution in [0.3, 0.4) is 0 Å². The largest absolute Gasteiger partial charge is 0.311 e. The van der Waals surface area contributed by atoms with Crippen LogP contribution in [0, 0.1) is 6.92 Å². The van der Waals surface area contributed by atoms with Crippen molar-refractivity contribution in [3.8, 4) is 0 Å². The topological polar surface area (TPSA) is 28.2 Å². The first-order valence-corrected chi connectivity index (χ1v) is 6.92. The third kappa shape index (κ3) is 6.12. The van der Waals surface area contributed by atoms with Gasteiger partial charge >= 0.3 is 0 Å². The van der Waals surface area contributed by atoms with Crippen molar-refractivity contribution in [1.82, 2.24) is 15.2 Å². The molecule has 18 heavy (non-hydrogen) atoms. The molecule has 0 aromatic carbocycles. The second-order valence-corrected chi connectivity index (χ2v) is 5.29. The average Bonchev–Trinajstić information content (AvgIpc) is 2.35. The van der Waals surface area contributed by atoms with Gasteiger partial charge in [0.05, 0.1) is 5.69 Å². The number of hydrogen-bond acceptors (Lipinski definition) is 3. The molecule has 1 N–H and O–H groups in total. The van der Waals surface area contributed by atoms with Crippen molar-refractivity contribution in [3.63, 3.8) is 0 Å². The molecule has 0 unspecified atom stereocenters. The third-order valence-corrected chi connectivity index (χ3v) is 3.27. The number of aromatic nitrogens is 1. The highest BCUT2D eigenvalue weighted by molar-refractivity contribution is 5.11. The molecular weight excluding hydrogens is 222 g/mol. The van der Waals surface area contributed by atoms with Crippen LogP contribution in [0.1, 0.15) is 37.9 Å². The second kappa shape index (κ2) is 8.22. The Kier molecular flexibility index (Phi) is 6.91. The molecule has 0 aliphatic rings. The van der Waals surface area contributed by atoms with E-state index in [2.05, 4.69) is 55.2 Å². The van der Waals surface area contributed by atoms with Gasteiger partial charge in [0.25, 0.3) is 0 Å². The van der Waals surface area contributed by atoms with Crippen LogP contribution in [0.5, 0.6) is 0 Å². The molecule has 1 aromatic heterocycles. The number of hydrogen-bond donors (Lipinski definition) is 1. The molecule has 1 heterocycles. The summed E-state index contributed by atoms with van der Waals surface area (Å²) in [5.41, 5.74) is 2.34. The van der Waals surface area contributed by atoms with Crippen molar-refractivity contribution < 1.29 is 0 Å². The zero-order valence-electron chi connectivity index (χ0n) is 12.2. The molecule has 0 saturated carbocycles. The lowest BCUT2D eigenvalue weighted by molar-refractivity contribution is 0.268. The number of rotatable bonds is 8. The maximum atomic E-state index is 4.38. The first-order valence-electron chi connectivity index (χ1n) is 6.92. The molecule has 102 valence electrons. The van der Waals surface area contributed by atoms with Gasteiger partial charge in [0.2, 0.25) is 0 Å². The lowest BCUT2D eigenvalue weighted by Crippen LogP contribution is -2.27. The van der Waals surface area contributed by atoms with Gasteiger partial charge in [-0.25, -0.2) is 0 Å². The van der Waals surface area contributed by atoms with E-state index in [-0.39, 0.29) is 0 Å². The number of pyridine rings is 1. The standard InChI is InChI=1S/C15H27N3/c1-13(2)18(4)10-6-5-9-16-12-15-8-7-14(3)11-17-15/h7-8,11,13,16H,5-6,9-10,12H2,1-4H3. The van der Waals surface area contributed by atoms with Crippen LogP contribution in [0.2, 0.25) is 0 Å². The quantitative estimate of drug-likeness (QED) is 0.718. The van der Waals surface area contributed by atoms with E-state index in [0.717, 1.165) is 18.8 Å². The van der Waals surface area contributed by atoms with Crippen molar-refractivity contribution in [2.75, 3.05) is 20.1 Å². The van der Waals surface area contributed by atoms with E-state index in [1.807, 2.05) is 6.20 Å². The Hall–Kier alpha value is -0.930. The molecule has 0 atom stereocenters. The predicted octanol–water partition coefficient (Wildman–Crippen LogP) is 2.60. The van der Waals surface area contributed by atoms with Gasteiger partial charge in [-0.2, -0.15) is 0 Å². The predicted molar refractivity (Wildman–Crippen MR) is 77.7 cm³/mol. The Labute approximate surface area is 112 Å². The Morgan fingerprint density at radius 1 is 1.28 bits per heavy atom. The summed E-state index contributed by atoms with van der Waals surface area (Å²) in [5.74, 6) is 0. The number of nitrogens with one attached hydrogen (secondary N) is 1. The fourth-order valence-corrected chi connectivity index (χ4v) is 1.69. The molecule has 0 radical (unpaired) electrons. The smallest absolute Gasteiger partial charge is 0.0541 e. The van der Waals surface area contributed by atoms with Crippen LogP contribution in [0.4, 0.5) is 0 Å². The number of nitrogens with zero attached hydrogens (tertiary/aromatic N) is 2. The average molecular weight is 249 g/mol. The Morgan fingerprint density at radius 2 is 2.06 bits per heavy atom. The maximum Gasteiger partial charge on any atom is 0.0541 e. The number of aryl methyl sites for hydroxylation is 1. The van der Waals surface area contributed by atoms with Gasteiger partial charge in [-0.1, -0.05) is 6.07 Å². The maximum absolute atomic E-state index is 4.38. The van der Waals surface area contributed by atoms with Crippen LogP contribution in [-0.4, -0.2) is 36.1 Å². The van der Waals surface area contributed by atoms with E-state index in [4.69, 9.17) is 0 Å². The van der Waals surface area contributed by atoms with Crippen LogP contribution >= 0.6 is 0 Å². The van der Waals surface area contributed by atoms with Crippen LogP contribution in [0.25, 0.3) is 0 Å². The first kappa shape index (κ1) is 15.1. The zero-order valence-corrected chi connectivity index (χ0v) is 12.2. The second-order valence-electron chi connectivity index (χ2n) is 5.29. The zero-order chi connectivity index (χ0) is 13.4. The summed E-state index contributed by atoms with van der Waals surface area (Å²) in [4.78, 5) is 6.77. The van der Waals surface area contributed by atoms with Crippen molar-refractivity contribution >= 4 is 0 Å². The minimum Gasteiger partial charge on any atom is -0.311 e. The molecule has 3 heteroatoms. The van der Waals surface area contributed by atoms with E-state index in [1.165, 1.54) is 24.9 Å². The third-order valence-electron chi connectivity index (χ3n) is 3.27. The normalized spacial score (nSPS) is 11.4. The molecule has 0 bridgehead atoms. The molecular formula is C15H27N3. The van der Waals surface area contributed by atoms with Gasteiger partial charge in [0.1, 0.15) is 0 Å². The molecule has 1 rings (SSSR count). The van der Waals surface area contributed by atoms with Crippen molar-refractivity contribution in [1.29, 1.82) is 0 Å². The summed E-state index contributed by atoms with van der Waals surface area (Å²) < 4.78 is 0. The van der Waals surface area contributed by atoms with Gasteiger partial charge in [-0.05, 0) is 65.4 Å². The van der Waals surface area contributed by atoms with Gasteiger partial charge in [-0.15, -0.1) is 0 Å². The minimum atomic E-state index is 0.648. The van der Waals surface area contributed by atoms with Crippen LogP contribution in [-0.2, 0) is 6.54 Å². The van der Waals surface area contributed by atoms with E-state index in [9.17, 15) is 0 Å². The van der Waals surface area contributed by atoms with Crippen molar-refractivity contribution in [2.45, 2.75) is 46.2 Å². The summed E-state index contributed by atoms with van der Waals surface area (Å²) in [6.07, 6.45) is 4.40. The van der Waals surface area contributed by atoms with E-state index >= 15 is 0 Å². The molecule has 1 aromatic rings. The number of unbranched alkanes of at least 4 members (excludes halogenated alkanes) is 1. The van der Waals surface area contributed by atoms with Crippen LogP contribution in [0.15, 0.2) is 18.3 Å². The minimum absolute atomic E-state index is 0.648. The molecule has 0 spiro atoms. The summed E-state index contributed by atoms with van der Waals surface area (Å²) in [5, 5.41) is 3.44. The molecule has 0 amide bonds. The van der Waals surface area contributed by atoms with Crippen molar-refractivity contribution in [2.24, 2.45) is 0 Å². The highest BCUT2D eigenvalue weighted by Gasteiger charge is 2.01. The lowest BCUT2D eigenvalue weighted by Gasteiger charge is -2.20. The molecule has 0 aliphatic carbocycles. The van der Waals surface area contributed by atoms with E-state index in [0.29, 0.717) is 6.04 Å². The van der Waals surface area contributed by atoms with E-state index in [1.54, 1.807) is 0 Å². The fourth-order valence-electron chi connectivity index (χ4n) is 1.69. The molecule has 3 nitrogen and oxygen atoms in total. The highest BCUT2D eigenvalue weighted by Crippen LogP contribution is 1.99. The van der Waals surface area contributed by atoms with Gasteiger partial charge in [0, 0.05) is 18.8 Å². The monoisotopic (exact) mass is 249 g/mol. The van der Waals surface area contributed by atoms with Crippen LogP contribution < -0.4 is 5.32 Å². The summed E-state index contributed by atoms with van der Waals surface area (Å²) in [6, 6.07) is 4.85. The Morgan fingerprint density at radius 3 is 2.67 bits per heavy atom. The van der Waals surface area contributed by atoms with Gasteiger partial charge in [-0.3, -0.25) is 4.98 Å². The summed E-state index contributed by atoms with van der Waals surface area (Å²) >= 11 is 0. The summed E-state index contributed by atoms with van der Waals surface area (Å²) in [7, 11) is 2.19. The molecule has 0 aliphatic heterocycles. The van der Waals surface area contributed by atoms with E-state index < -0.39 is 0 Å². The fraction of sp³-hybridized carbons (Fsp3) is 0.667. The Bertz CT molecular complexity index is 319. The summed E-state index contributed by atoms with van der Waals surface area (Å²) in [6.45, 7) is 9.67. The van der Waals surface area contributed by atoms with Crippen molar-refractivity contribution in [3.05, 3.63) is 29.6 Å². The molecule has 0 fully saturated rings. The first-order chi connectivity index (χ1) is 8.59. The SMILES string of the molecule is Cc1ccc(CNCCCCN(C)C(C)C)nc1. The van der Waals surface area contributed by atoms with Gasteiger partial charge < -0.3 is 10.2 Å². The Balaban J connectivity index is 2.03.